The molecule has 188 valence electrons. The Bertz CT molecular complexity index is 1000. The number of hydrogen-bond donors (Lipinski definition) is 2. The van der Waals surface area contributed by atoms with Gasteiger partial charge in [0.25, 0.3) is 0 Å². The average molecular weight is 498 g/mol. The van der Waals surface area contributed by atoms with Crippen LogP contribution in [0, 0.1) is 0 Å². The van der Waals surface area contributed by atoms with E-state index in [9.17, 15) is 9.59 Å². The van der Waals surface area contributed by atoms with Crippen LogP contribution in [-0.2, 0) is 25.7 Å². The summed E-state index contributed by atoms with van der Waals surface area (Å²) < 4.78 is 10.8. The fourth-order valence-corrected chi connectivity index (χ4v) is 6.31. The third-order valence-corrected chi connectivity index (χ3v) is 8.21. The van der Waals surface area contributed by atoms with E-state index >= 15 is 0 Å². The van der Waals surface area contributed by atoms with Gasteiger partial charge >= 0.3 is 11.9 Å². The van der Waals surface area contributed by atoms with E-state index in [1.807, 2.05) is 69.3 Å². The second-order valence-corrected chi connectivity index (χ2v) is 11.7. The average Bonchev–Trinajstić information content (AvgIpc) is 3.21. The Balaban J connectivity index is 1.49. The molecule has 3 atom stereocenters. The first-order valence-corrected chi connectivity index (χ1v) is 13.0. The van der Waals surface area contributed by atoms with Crippen molar-refractivity contribution < 1.29 is 19.1 Å². The molecule has 2 aliphatic heterocycles. The van der Waals surface area contributed by atoms with Crippen molar-refractivity contribution in [3.8, 4) is 0 Å². The highest BCUT2D eigenvalue weighted by molar-refractivity contribution is 8.01. The van der Waals surface area contributed by atoms with E-state index in [1.54, 1.807) is 11.8 Å². The first-order chi connectivity index (χ1) is 16.7. The molecule has 4 rings (SSSR count). The lowest BCUT2D eigenvalue weighted by atomic mass is 9.87. The van der Waals surface area contributed by atoms with Crippen LogP contribution in [0.2, 0.25) is 0 Å². The zero-order chi connectivity index (χ0) is 25.1. The summed E-state index contributed by atoms with van der Waals surface area (Å²) in [6.45, 7) is 7.26. The van der Waals surface area contributed by atoms with Gasteiger partial charge in [0.1, 0.15) is 24.3 Å². The molecule has 35 heavy (non-hydrogen) atoms. The quantitative estimate of drug-likeness (QED) is 0.586. The fraction of sp³-hybridized carbons (Fsp3) is 0.481. The van der Waals surface area contributed by atoms with Crippen LogP contribution in [0.4, 0.5) is 5.69 Å². The van der Waals surface area contributed by atoms with Crippen LogP contribution in [0.25, 0.3) is 0 Å². The molecule has 8 heteroatoms. The monoisotopic (exact) mass is 497 g/mol. The van der Waals surface area contributed by atoms with Crippen LogP contribution in [0.15, 0.2) is 60.7 Å². The molecule has 3 N–H and O–H groups in total. The number of thioether (sulfide) groups is 1. The first-order valence-electron chi connectivity index (χ1n) is 12.1. The highest BCUT2D eigenvalue weighted by Crippen LogP contribution is 2.47. The number of ether oxygens (including phenoxy) is 2. The number of piperidine rings is 1. The normalized spacial score (nSPS) is 22.6. The number of para-hydroxylation sites is 1. The fourth-order valence-electron chi connectivity index (χ4n) is 4.63. The summed E-state index contributed by atoms with van der Waals surface area (Å²) in [5, 5.41) is 2.91. The number of nitrogens with zero attached hydrogens (tertiary/aromatic N) is 1. The topological polar surface area (TPSA) is 93.9 Å². The van der Waals surface area contributed by atoms with Crippen LogP contribution in [0.3, 0.4) is 0 Å². The van der Waals surface area contributed by atoms with Gasteiger partial charge in [-0.15, -0.1) is 11.8 Å². The minimum Gasteiger partial charge on any atom is -0.460 e. The number of nitrogens with two attached hydrogens (primary N) is 1. The van der Waals surface area contributed by atoms with Gasteiger partial charge in [-0.3, -0.25) is 14.9 Å². The summed E-state index contributed by atoms with van der Waals surface area (Å²) in [5.74, 6) is -0.786. The highest BCUT2D eigenvalue weighted by atomic mass is 32.2. The second-order valence-electron chi connectivity index (χ2n) is 10.2. The largest absolute Gasteiger partial charge is 0.460 e. The van der Waals surface area contributed by atoms with E-state index in [0.717, 1.165) is 31.5 Å². The van der Waals surface area contributed by atoms with Crippen molar-refractivity contribution in [3.05, 3.63) is 66.2 Å². The molecule has 2 heterocycles. The van der Waals surface area contributed by atoms with Gasteiger partial charge < -0.3 is 20.1 Å². The van der Waals surface area contributed by atoms with E-state index in [1.165, 1.54) is 5.69 Å². The molecule has 3 unspecified atom stereocenters. The zero-order valence-corrected chi connectivity index (χ0v) is 21.4. The van der Waals surface area contributed by atoms with Crippen molar-refractivity contribution in [2.75, 3.05) is 18.0 Å². The van der Waals surface area contributed by atoms with Crippen molar-refractivity contribution in [3.63, 3.8) is 0 Å². The van der Waals surface area contributed by atoms with Gasteiger partial charge in [0.05, 0.1) is 5.37 Å². The maximum atomic E-state index is 13.3. The van der Waals surface area contributed by atoms with Gasteiger partial charge in [-0.1, -0.05) is 48.5 Å². The Hall–Kier alpha value is -2.55. The molecule has 0 saturated carbocycles. The van der Waals surface area contributed by atoms with E-state index in [2.05, 4.69) is 22.3 Å². The molecule has 0 aliphatic carbocycles. The van der Waals surface area contributed by atoms with Gasteiger partial charge in [0.15, 0.2) is 0 Å². The van der Waals surface area contributed by atoms with E-state index in [-0.39, 0.29) is 12.6 Å². The van der Waals surface area contributed by atoms with Crippen molar-refractivity contribution in [1.82, 2.24) is 5.32 Å². The lowest BCUT2D eigenvalue weighted by Crippen LogP contribution is -2.55. The van der Waals surface area contributed by atoms with Crippen molar-refractivity contribution in [2.24, 2.45) is 5.73 Å². The molecule has 0 aromatic heterocycles. The number of benzene rings is 2. The summed E-state index contributed by atoms with van der Waals surface area (Å²) in [5.41, 5.74) is 7.81. The number of nitrogens with one attached hydrogen (secondary N) is 1. The summed E-state index contributed by atoms with van der Waals surface area (Å²) in [6, 6.07) is 18.5. The number of esters is 2. The third kappa shape index (κ3) is 6.18. The van der Waals surface area contributed by atoms with E-state index in [4.69, 9.17) is 15.2 Å². The maximum Gasteiger partial charge on any atom is 0.325 e. The molecule has 0 bridgehead atoms. The molecule has 2 fully saturated rings. The summed E-state index contributed by atoms with van der Waals surface area (Å²) >= 11 is 1.59. The number of carbonyl (C=O) groups excluding carboxylic acids is 2. The maximum absolute atomic E-state index is 13.3. The van der Waals surface area contributed by atoms with Gasteiger partial charge in [0, 0.05) is 23.5 Å². The molecule has 0 amide bonds. The Morgan fingerprint density at radius 1 is 1.09 bits per heavy atom. The third-order valence-electron chi connectivity index (χ3n) is 6.41. The van der Waals surface area contributed by atoms with Crippen LogP contribution < -0.4 is 16.0 Å². The van der Waals surface area contributed by atoms with Crippen molar-refractivity contribution in [1.29, 1.82) is 0 Å². The first kappa shape index (κ1) is 25.5. The van der Waals surface area contributed by atoms with Gasteiger partial charge in [0.2, 0.25) is 0 Å². The molecule has 1 spiro atoms. The summed E-state index contributed by atoms with van der Waals surface area (Å²) in [7, 11) is 0. The van der Waals surface area contributed by atoms with Gasteiger partial charge in [-0.05, 0) is 51.3 Å². The van der Waals surface area contributed by atoms with Crippen LogP contribution in [0.5, 0.6) is 0 Å². The molecular formula is C27H35N3O4S. The standard InChI is InChI=1S/C27H35N3O4S/c1-26(2,3)34-24(31)21(28)23-29-22(25(32)33-18-19-10-6-4-7-11-19)27(35-23)14-16-30(17-15-27)20-12-8-5-9-13-20/h4-13,21-23,29H,14-18,28H2,1-3H3. The smallest absolute Gasteiger partial charge is 0.325 e. The number of anilines is 1. The minimum atomic E-state index is -0.893. The van der Waals surface area contributed by atoms with Crippen LogP contribution in [0.1, 0.15) is 39.2 Å². The number of hydrogen-bond acceptors (Lipinski definition) is 8. The number of rotatable bonds is 6. The highest BCUT2D eigenvalue weighted by Gasteiger charge is 2.55. The van der Waals surface area contributed by atoms with Crippen molar-refractivity contribution >= 4 is 29.4 Å². The second kappa shape index (κ2) is 10.6. The molecule has 2 aromatic rings. The van der Waals surface area contributed by atoms with Crippen LogP contribution in [-0.4, -0.2) is 52.8 Å². The molecule has 0 radical (unpaired) electrons. The Labute approximate surface area is 211 Å². The van der Waals surface area contributed by atoms with Crippen LogP contribution >= 0.6 is 11.8 Å². The Morgan fingerprint density at radius 2 is 1.69 bits per heavy atom. The molecule has 2 aromatic carbocycles. The SMILES string of the molecule is CC(C)(C)OC(=O)C(N)C1NC(C(=O)OCc2ccccc2)C2(CCN(c3ccccc3)CC2)S1. The molecule has 7 nitrogen and oxygen atoms in total. The predicted molar refractivity (Wildman–Crippen MR) is 139 cm³/mol. The summed E-state index contributed by atoms with van der Waals surface area (Å²) in [4.78, 5) is 28.4. The predicted octanol–water partition coefficient (Wildman–Crippen LogP) is 3.47. The Kier molecular flexibility index (Phi) is 7.73. The Morgan fingerprint density at radius 3 is 2.29 bits per heavy atom. The van der Waals surface area contributed by atoms with Crippen molar-refractivity contribution in [2.45, 2.75) is 68.0 Å². The lowest BCUT2D eigenvalue weighted by Gasteiger charge is -2.42. The van der Waals surface area contributed by atoms with E-state index in [0.29, 0.717) is 0 Å². The van der Waals surface area contributed by atoms with E-state index < -0.39 is 33.8 Å². The lowest BCUT2D eigenvalue weighted by molar-refractivity contribution is -0.157. The molecule has 2 aliphatic rings. The zero-order valence-electron chi connectivity index (χ0n) is 20.6. The minimum absolute atomic E-state index is 0.206. The molecular weight excluding hydrogens is 462 g/mol. The summed E-state index contributed by atoms with van der Waals surface area (Å²) in [6.07, 6.45) is 1.53. The van der Waals surface area contributed by atoms with Gasteiger partial charge in [-0.2, -0.15) is 0 Å². The van der Waals surface area contributed by atoms with Gasteiger partial charge in [-0.25, -0.2) is 0 Å². The number of carbonyl (C=O) groups is 2. The molecule has 2 saturated heterocycles.